The first kappa shape index (κ1) is 11.1. The Kier molecular flexibility index (Phi) is 2.33. The van der Waals surface area contributed by atoms with Gasteiger partial charge in [0, 0.05) is 11.6 Å². The van der Waals surface area contributed by atoms with Gasteiger partial charge < -0.3 is 5.11 Å². The van der Waals surface area contributed by atoms with E-state index in [0.717, 1.165) is 18.5 Å². The van der Waals surface area contributed by atoms with E-state index in [9.17, 15) is 9.90 Å². The minimum Gasteiger partial charge on any atom is -0.477 e. The Morgan fingerprint density at radius 3 is 2.72 bits per heavy atom. The molecule has 94 valence electrons. The molecule has 3 rings (SSSR count). The van der Waals surface area contributed by atoms with Crippen molar-refractivity contribution in [2.24, 2.45) is 0 Å². The molecule has 0 aromatic carbocycles. The fourth-order valence-electron chi connectivity index (χ4n) is 1.86. The second kappa shape index (κ2) is 3.76. The molecular weight excluding hydrogens is 232 g/mol. The molecule has 0 saturated heterocycles. The van der Waals surface area contributed by atoms with Crippen LogP contribution in [0.25, 0.3) is 5.78 Å². The van der Waals surface area contributed by atoms with Gasteiger partial charge in [-0.3, -0.25) is 0 Å². The van der Waals surface area contributed by atoms with Crippen LogP contribution < -0.4 is 0 Å². The molecule has 1 fully saturated rings. The van der Waals surface area contributed by atoms with E-state index in [1.165, 1.54) is 4.52 Å². The van der Waals surface area contributed by atoms with Gasteiger partial charge in [0.1, 0.15) is 0 Å². The summed E-state index contributed by atoms with van der Waals surface area (Å²) in [5.74, 6) is 0.646. The molecule has 2 aromatic rings. The highest BCUT2D eigenvalue weighted by molar-refractivity contribution is 5.86. The summed E-state index contributed by atoms with van der Waals surface area (Å²) in [4.78, 5) is 20.0. The number of carbonyl (C=O) groups is 1. The summed E-state index contributed by atoms with van der Waals surface area (Å²) >= 11 is 0. The average molecular weight is 246 g/mol. The Bertz CT molecular complexity index is 628. The monoisotopic (exact) mass is 246 g/mol. The number of carboxylic acid groups (broad SMARTS) is 1. The first-order valence-electron chi connectivity index (χ1n) is 6.07. The number of nitrogens with zero attached hydrogens (tertiary/aromatic N) is 4. The van der Waals surface area contributed by atoms with E-state index in [1.54, 1.807) is 6.07 Å². The van der Waals surface area contributed by atoms with Crippen molar-refractivity contribution >= 4 is 11.7 Å². The quantitative estimate of drug-likeness (QED) is 0.893. The van der Waals surface area contributed by atoms with Gasteiger partial charge in [0.2, 0.25) is 0 Å². The molecule has 2 aromatic heterocycles. The summed E-state index contributed by atoms with van der Waals surface area (Å²) in [7, 11) is 0. The zero-order chi connectivity index (χ0) is 12.9. The van der Waals surface area contributed by atoms with Crippen LogP contribution in [0.15, 0.2) is 6.07 Å². The van der Waals surface area contributed by atoms with Crippen molar-refractivity contribution in [2.45, 2.75) is 38.5 Å². The molecule has 1 aliphatic rings. The Hall–Kier alpha value is -1.98. The maximum atomic E-state index is 11.3. The maximum absolute atomic E-state index is 11.3. The molecule has 0 aliphatic heterocycles. The van der Waals surface area contributed by atoms with Gasteiger partial charge in [-0.1, -0.05) is 13.8 Å². The molecule has 6 nitrogen and oxygen atoms in total. The van der Waals surface area contributed by atoms with Gasteiger partial charge >= 0.3 is 5.97 Å². The van der Waals surface area contributed by atoms with E-state index in [4.69, 9.17) is 0 Å². The topological polar surface area (TPSA) is 80.4 Å². The van der Waals surface area contributed by atoms with E-state index >= 15 is 0 Å². The van der Waals surface area contributed by atoms with E-state index in [2.05, 4.69) is 15.1 Å². The van der Waals surface area contributed by atoms with Gasteiger partial charge in [-0.15, -0.1) is 5.10 Å². The van der Waals surface area contributed by atoms with Crippen LogP contribution in [0.1, 0.15) is 60.5 Å². The van der Waals surface area contributed by atoms with Crippen LogP contribution in [0.4, 0.5) is 0 Å². The molecule has 0 radical (unpaired) electrons. The highest BCUT2D eigenvalue weighted by atomic mass is 16.4. The van der Waals surface area contributed by atoms with Crippen LogP contribution in [0, 0.1) is 0 Å². The fourth-order valence-corrected chi connectivity index (χ4v) is 1.86. The summed E-state index contributed by atoms with van der Waals surface area (Å²) in [6, 6.07) is 1.57. The van der Waals surface area contributed by atoms with E-state index < -0.39 is 5.97 Å². The molecule has 1 saturated carbocycles. The first-order chi connectivity index (χ1) is 8.56. The van der Waals surface area contributed by atoms with Crippen LogP contribution in [0.2, 0.25) is 0 Å². The van der Waals surface area contributed by atoms with Gasteiger partial charge in [-0.2, -0.15) is 9.50 Å². The summed E-state index contributed by atoms with van der Waals surface area (Å²) in [6.07, 6.45) is 2.16. The van der Waals surface area contributed by atoms with E-state index in [-0.39, 0.29) is 11.6 Å². The molecule has 0 bridgehead atoms. The zero-order valence-corrected chi connectivity index (χ0v) is 10.3. The van der Waals surface area contributed by atoms with Crippen molar-refractivity contribution in [3.8, 4) is 0 Å². The van der Waals surface area contributed by atoms with Gasteiger partial charge in [0.05, 0.1) is 0 Å². The third-order valence-corrected chi connectivity index (χ3v) is 3.10. The molecule has 6 heteroatoms. The summed E-state index contributed by atoms with van der Waals surface area (Å²) in [5, 5.41) is 13.5. The average Bonchev–Trinajstić information content (AvgIpc) is 3.07. The van der Waals surface area contributed by atoms with Crippen molar-refractivity contribution in [1.29, 1.82) is 0 Å². The predicted octanol–water partition coefficient (Wildman–Crippen LogP) is 1.82. The van der Waals surface area contributed by atoms with Crippen LogP contribution >= 0.6 is 0 Å². The van der Waals surface area contributed by atoms with Crippen molar-refractivity contribution < 1.29 is 9.90 Å². The molecule has 0 amide bonds. The second-order valence-electron chi connectivity index (χ2n) is 4.98. The minimum absolute atomic E-state index is 0.128. The van der Waals surface area contributed by atoms with Crippen molar-refractivity contribution in [3.05, 3.63) is 23.3 Å². The Balaban J connectivity index is 2.23. The van der Waals surface area contributed by atoms with Gasteiger partial charge in [-0.05, 0) is 24.8 Å². The summed E-state index contributed by atoms with van der Waals surface area (Å²) in [5.41, 5.74) is 0.859. The lowest BCUT2D eigenvalue weighted by Gasteiger charge is -2.05. The summed E-state index contributed by atoms with van der Waals surface area (Å²) < 4.78 is 1.34. The van der Waals surface area contributed by atoms with Crippen LogP contribution in [0.3, 0.4) is 0 Å². The second-order valence-corrected chi connectivity index (χ2v) is 4.98. The molecule has 1 N–H and O–H groups in total. The van der Waals surface area contributed by atoms with Gasteiger partial charge in [-0.25, -0.2) is 9.78 Å². The van der Waals surface area contributed by atoms with Crippen LogP contribution in [-0.4, -0.2) is 30.7 Å². The number of hydrogen-bond acceptors (Lipinski definition) is 4. The third kappa shape index (κ3) is 1.73. The summed E-state index contributed by atoms with van der Waals surface area (Å²) in [6.45, 7) is 3.95. The Morgan fingerprint density at radius 1 is 1.44 bits per heavy atom. The molecule has 0 unspecified atom stereocenters. The number of aromatic carboxylic acids is 1. The molecule has 0 atom stereocenters. The lowest BCUT2D eigenvalue weighted by atomic mass is 10.1. The number of hydrogen-bond donors (Lipinski definition) is 1. The predicted molar refractivity (Wildman–Crippen MR) is 63.8 cm³/mol. The third-order valence-electron chi connectivity index (χ3n) is 3.10. The van der Waals surface area contributed by atoms with E-state index in [1.807, 2.05) is 13.8 Å². The molecule has 18 heavy (non-hydrogen) atoms. The fraction of sp³-hybridized carbons (Fsp3) is 0.500. The Labute approximate surface area is 104 Å². The number of fused-ring (bicyclic) bond motifs is 1. The van der Waals surface area contributed by atoms with Gasteiger partial charge in [0.15, 0.2) is 11.5 Å². The van der Waals surface area contributed by atoms with Crippen molar-refractivity contribution in [2.75, 3.05) is 0 Å². The SMILES string of the molecule is CC(C)c1cc(C(=O)O)n2nc(C3CC3)nc2n1. The lowest BCUT2D eigenvalue weighted by molar-refractivity contribution is 0.0687. The zero-order valence-electron chi connectivity index (χ0n) is 10.3. The molecular formula is C12H14N4O2. The van der Waals surface area contributed by atoms with Crippen LogP contribution in [-0.2, 0) is 0 Å². The maximum Gasteiger partial charge on any atom is 0.354 e. The van der Waals surface area contributed by atoms with Crippen LogP contribution in [0.5, 0.6) is 0 Å². The number of aromatic nitrogens is 4. The molecule has 2 heterocycles. The largest absolute Gasteiger partial charge is 0.477 e. The standard InChI is InChI=1S/C12H14N4O2/c1-6(2)8-5-9(11(17)18)16-12(13-8)14-10(15-16)7-3-4-7/h5-7H,3-4H2,1-2H3,(H,17,18). The molecule has 1 aliphatic carbocycles. The van der Waals surface area contributed by atoms with Crippen molar-refractivity contribution in [3.63, 3.8) is 0 Å². The van der Waals surface area contributed by atoms with Crippen molar-refractivity contribution in [1.82, 2.24) is 19.6 Å². The first-order valence-corrected chi connectivity index (χ1v) is 6.07. The van der Waals surface area contributed by atoms with E-state index in [0.29, 0.717) is 17.5 Å². The highest BCUT2D eigenvalue weighted by Crippen LogP contribution is 2.38. The number of carboxylic acids is 1. The lowest BCUT2D eigenvalue weighted by Crippen LogP contribution is -2.10. The number of rotatable bonds is 3. The molecule has 0 spiro atoms. The Morgan fingerprint density at radius 2 is 2.17 bits per heavy atom. The smallest absolute Gasteiger partial charge is 0.354 e. The van der Waals surface area contributed by atoms with Gasteiger partial charge in [0.25, 0.3) is 5.78 Å². The normalized spacial score (nSPS) is 15.5. The highest BCUT2D eigenvalue weighted by Gasteiger charge is 2.29. The minimum atomic E-state index is -1.00.